The first-order valence-corrected chi connectivity index (χ1v) is 17.4. The average molecular weight is 519 g/mol. The first-order valence-electron chi connectivity index (χ1n) is 17.4. The van der Waals surface area contributed by atoms with E-state index in [9.17, 15) is 0 Å². The molecule has 0 spiro atoms. The van der Waals surface area contributed by atoms with Gasteiger partial charge in [-0.2, -0.15) is 0 Å². The van der Waals surface area contributed by atoms with Crippen LogP contribution in [0.2, 0.25) is 0 Å². The zero-order chi connectivity index (χ0) is 26.8. The van der Waals surface area contributed by atoms with Crippen molar-refractivity contribution in [1.29, 1.82) is 0 Å². The van der Waals surface area contributed by atoms with E-state index in [1.54, 1.807) is 0 Å². The second kappa shape index (κ2) is 25.6. The molecule has 0 saturated heterocycles. The van der Waals surface area contributed by atoms with E-state index in [-0.39, 0.29) is 0 Å². The first-order chi connectivity index (χ1) is 18.2. The van der Waals surface area contributed by atoms with Crippen LogP contribution in [0.1, 0.15) is 195 Å². The Bertz CT molecular complexity index is 486. The molecule has 37 heavy (non-hydrogen) atoms. The molecule has 0 N–H and O–H groups in total. The van der Waals surface area contributed by atoms with Crippen molar-refractivity contribution in [3.63, 3.8) is 0 Å². The lowest BCUT2D eigenvalue weighted by Gasteiger charge is -2.35. The van der Waals surface area contributed by atoms with Crippen LogP contribution in [0.25, 0.3) is 0 Å². The van der Waals surface area contributed by atoms with Crippen LogP contribution in [0.3, 0.4) is 0 Å². The second-order valence-corrected chi connectivity index (χ2v) is 12.5. The quantitative estimate of drug-likeness (QED) is 0.0950. The summed E-state index contributed by atoms with van der Waals surface area (Å²) in [4.78, 5) is 5.28. The fourth-order valence-electron chi connectivity index (χ4n) is 6.07. The monoisotopic (exact) mass is 519 g/mol. The normalized spacial score (nSPS) is 15.5. The van der Waals surface area contributed by atoms with Crippen LogP contribution in [-0.2, 0) is 0 Å². The molecule has 220 valence electrons. The standard InChI is InChI=1S/C35H70N2/c1-5-7-9-11-13-15-17-19-21-23-25-27-29-31-36-32-33-37(34(3)4)35(36)30-28-26-24-22-20-18-16-14-12-10-8-6-2/h32-35H,5-31H2,1-4H3. The molecule has 0 aromatic rings. The predicted octanol–water partition coefficient (Wildman–Crippen LogP) is 12.0. The van der Waals surface area contributed by atoms with Gasteiger partial charge in [-0.05, 0) is 33.1 Å². The number of rotatable bonds is 28. The fourth-order valence-corrected chi connectivity index (χ4v) is 6.07. The minimum Gasteiger partial charge on any atom is -0.356 e. The Morgan fingerprint density at radius 1 is 0.459 bits per heavy atom. The lowest BCUT2D eigenvalue weighted by atomic mass is 10.0. The third kappa shape index (κ3) is 19.1. The maximum absolute atomic E-state index is 2.66. The number of hydrogen-bond acceptors (Lipinski definition) is 2. The second-order valence-electron chi connectivity index (χ2n) is 12.5. The van der Waals surface area contributed by atoms with Gasteiger partial charge in [-0.15, -0.1) is 0 Å². The van der Waals surface area contributed by atoms with Gasteiger partial charge in [0.25, 0.3) is 0 Å². The molecule has 0 radical (unpaired) electrons. The Morgan fingerprint density at radius 2 is 0.811 bits per heavy atom. The summed E-state index contributed by atoms with van der Waals surface area (Å²) in [5, 5.41) is 0. The number of unbranched alkanes of at least 4 members (excludes halogenated alkanes) is 23. The molecule has 1 atom stereocenters. The maximum atomic E-state index is 2.66. The summed E-state index contributed by atoms with van der Waals surface area (Å²) >= 11 is 0. The summed E-state index contributed by atoms with van der Waals surface area (Å²) in [6, 6.07) is 0.607. The summed E-state index contributed by atoms with van der Waals surface area (Å²) in [5.41, 5.74) is 0. The fraction of sp³-hybridized carbons (Fsp3) is 0.943. The molecule has 2 nitrogen and oxygen atoms in total. The van der Waals surface area contributed by atoms with Crippen LogP contribution in [0.15, 0.2) is 12.4 Å². The van der Waals surface area contributed by atoms with Gasteiger partial charge < -0.3 is 9.80 Å². The highest BCUT2D eigenvalue weighted by Crippen LogP contribution is 2.25. The van der Waals surface area contributed by atoms with Gasteiger partial charge in [0.2, 0.25) is 0 Å². The van der Waals surface area contributed by atoms with Crippen molar-refractivity contribution < 1.29 is 0 Å². The predicted molar refractivity (Wildman–Crippen MR) is 168 cm³/mol. The third-order valence-electron chi connectivity index (χ3n) is 8.59. The van der Waals surface area contributed by atoms with Crippen LogP contribution < -0.4 is 0 Å². The molecule has 0 bridgehead atoms. The van der Waals surface area contributed by atoms with Crippen LogP contribution in [0.4, 0.5) is 0 Å². The smallest absolute Gasteiger partial charge is 0.101 e. The molecule has 1 rings (SSSR count). The van der Waals surface area contributed by atoms with Crippen molar-refractivity contribution in [2.45, 2.75) is 207 Å². The zero-order valence-electron chi connectivity index (χ0n) is 26.3. The number of nitrogens with zero attached hydrogens (tertiary/aromatic N) is 2. The van der Waals surface area contributed by atoms with E-state index in [4.69, 9.17) is 0 Å². The highest BCUT2D eigenvalue weighted by molar-refractivity contribution is 4.98. The molecule has 0 fully saturated rings. The van der Waals surface area contributed by atoms with Gasteiger partial charge in [-0.1, -0.05) is 162 Å². The molecule has 1 aliphatic heterocycles. The molecule has 2 heteroatoms. The SMILES string of the molecule is CCCCCCCCCCCCCCCN1C=CN(C(C)C)C1CCCCCCCCCCCCCC. The topological polar surface area (TPSA) is 6.48 Å². The molecule has 1 unspecified atom stereocenters. The van der Waals surface area contributed by atoms with E-state index in [1.807, 2.05) is 0 Å². The molecule has 1 aliphatic rings. The molecule has 0 amide bonds. The largest absolute Gasteiger partial charge is 0.356 e. The van der Waals surface area contributed by atoms with Crippen molar-refractivity contribution in [1.82, 2.24) is 9.80 Å². The van der Waals surface area contributed by atoms with Gasteiger partial charge in [0.05, 0.1) is 0 Å². The van der Waals surface area contributed by atoms with Crippen molar-refractivity contribution in [3.8, 4) is 0 Å². The molecule has 1 heterocycles. The summed E-state index contributed by atoms with van der Waals surface area (Å²) in [6.07, 6.45) is 42.7. The van der Waals surface area contributed by atoms with Crippen LogP contribution in [-0.4, -0.2) is 28.6 Å². The van der Waals surface area contributed by atoms with E-state index in [1.165, 1.54) is 173 Å². The minimum atomic E-state index is 0.607. The van der Waals surface area contributed by atoms with E-state index in [0.717, 1.165) is 0 Å². The van der Waals surface area contributed by atoms with Crippen LogP contribution >= 0.6 is 0 Å². The number of hydrogen-bond donors (Lipinski definition) is 0. The molecule has 0 aliphatic carbocycles. The first kappa shape index (κ1) is 34.4. The third-order valence-corrected chi connectivity index (χ3v) is 8.59. The summed E-state index contributed by atoms with van der Waals surface area (Å²) < 4.78 is 0. The van der Waals surface area contributed by atoms with Crippen LogP contribution in [0.5, 0.6) is 0 Å². The highest BCUT2D eigenvalue weighted by atomic mass is 15.4. The Balaban J connectivity index is 2.03. The summed E-state index contributed by atoms with van der Waals surface area (Å²) in [6.45, 7) is 10.6. The van der Waals surface area contributed by atoms with E-state index in [2.05, 4.69) is 49.9 Å². The van der Waals surface area contributed by atoms with E-state index < -0.39 is 0 Å². The van der Waals surface area contributed by atoms with Crippen LogP contribution in [0, 0.1) is 0 Å². The zero-order valence-corrected chi connectivity index (χ0v) is 26.3. The Hall–Kier alpha value is -0.660. The van der Waals surface area contributed by atoms with Crippen molar-refractivity contribution in [2.24, 2.45) is 0 Å². The molecule has 0 saturated carbocycles. The Morgan fingerprint density at radius 3 is 1.19 bits per heavy atom. The Kier molecular flexibility index (Phi) is 23.8. The minimum absolute atomic E-state index is 0.607. The molecule has 0 aromatic heterocycles. The maximum Gasteiger partial charge on any atom is 0.101 e. The van der Waals surface area contributed by atoms with Gasteiger partial charge >= 0.3 is 0 Å². The summed E-state index contributed by atoms with van der Waals surface area (Å²) in [7, 11) is 0. The van der Waals surface area contributed by atoms with E-state index >= 15 is 0 Å². The molecule has 0 aromatic carbocycles. The lowest BCUT2D eigenvalue weighted by molar-refractivity contribution is 0.114. The molecular formula is C35H70N2. The van der Waals surface area contributed by atoms with Gasteiger partial charge in [-0.3, -0.25) is 0 Å². The van der Waals surface area contributed by atoms with Crippen molar-refractivity contribution >= 4 is 0 Å². The molecular weight excluding hydrogens is 448 g/mol. The Labute approximate surface area is 235 Å². The highest BCUT2D eigenvalue weighted by Gasteiger charge is 2.26. The summed E-state index contributed by atoms with van der Waals surface area (Å²) in [5.74, 6) is 0. The van der Waals surface area contributed by atoms with Gasteiger partial charge in [0.1, 0.15) is 6.17 Å². The lowest BCUT2D eigenvalue weighted by Crippen LogP contribution is -2.42. The van der Waals surface area contributed by atoms with Crippen molar-refractivity contribution in [2.75, 3.05) is 6.54 Å². The van der Waals surface area contributed by atoms with Gasteiger partial charge in [-0.25, -0.2) is 0 Å². The van der Waals surface area contributed by atoms with Gasteiger partial charge in [0, 0.05) is 25.0 Å². The average Bonchev–Trinajstić information content (AvgIpc) is 3.30. The van der Waals surface area contributed by atoms with E-state index in [0.29, 0.717) is 12.2 Å². The van der Waals surface area contributed by atoms with Crippen molar-refractivity contribution in [3.05, 3.63) is 12.4 Å². The van der Waals surface area contributed by atoms with Gasteiger partial charge in [0.15, 0.2) is 0 Å².